The van der Waals surface area contributed by atoms with Crippen LogP contribution < -0.4 is 0 Å². The summed E-state index contributed by atoms with van der Waals surface area (Å²) in [4.78, 5) is 8.47. The first kappa shape index (κ1) is 10.3. The second-order valence-corrected chi connectivity index (χ2v) is 4.33. The molecule has 0 aliphatic carbocycles. The van der Waals surface area contributed by atoms with Crippen molar-refractivity contribution < 1.29 is 5.11 Å². The van der Waals surface area contributed by atoms with Crippen LogP contribution >= 0.6 is 15.9 Å². The maximum Gasteiger partial charge on any atom is 0.147 e. The summed E-state index contributed by atoms with van der Waals surface area (Å²) in [5.41, 5.74) is 1.56. The van der Waals surface area contributed by atoms with Crippen molar-refractivity contribution in [3.05, 3.63) is 47.5 Å². The van der Waals surface area contributed by atoms with Gasteiger partial charge >= 0.3 is 0 Å². The van der Waals surface area contributed by atoms with Crippen LogP contribution in [0.15, 0.2) is 47.5 Å². The quantitative estimate of drug-likeness (QED) is 0.749. The van der Waals surface area contributed by atoms with Crippen molar-refractivity contribution in [2.45, 2.75) is 0 Å². The predicted octanol–water partition coefficient (Wildman–Crippen LogP) is 2.86. The molecular formula is C12H8BrN3O. The molecule has 0 fully saturated rings. The third-order valence-corrected chi connectivity index (χ3v) is 3.07. The van der Waals surface area contributed by atoms with Gasteiger partial charge in [0.1, 0.15) is 21.7 Å². The van der Waals surface area contributed by atoms with Crippen LogP contribution in [0.3, 0.4) is 0 Å². The Morgan fingerprint density at radius 3 is 2.88 bits per heavy atom. The van der Waals surface area contributed by atoms with Crippen molar-refractivity contribution in [2.24, 2.45) is 0 Å². The summed E-state index contributed by atoms with van der Waals surface area (Å²) in [6.07, 6.45) is 5.31. The molecule has 4 nitrogen and oxygen atoms in total. The molecule has 0 aromatic carbocycles. The number of aromatic nitrogens is 3. The smallest absolute Gasteiger partial charge is 0.147 e. The van der Waals surface area contributed by atoms with Crippen LogP contribution in [0.1, 0.15) is 0 Å². The minimum atomic E-state index is 0.196. The number of aromatic hydroxyl groups is 1. The minimum absolute atomic E-state index is 0.196. The number of fused-ring (bicyclic) bond motifs is 1. The molecule has 0 saturated heterocycles. The van der Waals surface area contributed by atoms with E-state index in [0.717, 1.165) is 11.4 Å². The molecule has 0 bridgehead atoms. The molecular weight excluding hydrogens is 282 g/mol. The van der Waals surface area contributed by atoms with Crippen LogP contribution in [0.5, 0.6) is 5.75 Å². The lowest BCUT2D eigenvalue weighted by atomic mass is 10.3. The molecule has 3 aromatic heterocycles. The fourth-order valence-electron chi connectivity index (χ4n) is 1.78. The maximum atomic E-state index is 9.81. The van der Waals surface area contributed by atoms with Crippen molar-refractivity contribution in [3.8, 4) is 17.1 Å². The van der Waals surface area contributed by atoms with Crippen LogP contribution in [0.4, 0.5) is 0 Å². The van der Waals surface area contributed by atoms with Gasteiger partial charge in [-0.05, 0) is 40.2 Å². The standard InChI is InChI=1S/C12H8BrN3O/c13-11-10-9(17)4-2-6-16(10)12(15-11)8-3-1-5-14-7-8/h1-7,17H. The average Bonchev–Trinajstić information content (AvgIpc) is 2.69. The van der Waals surface area contributed by atoms with Crippen LogP contribution in [0.2, 0.25) is 0 Å². The van der Waals surface area contributed by atoms with E-state index in [1.54, 1.807) is 24.5 Å². The normalized spacial score (nSPS) is 10.9. The van der Waals surface area contributed by atoms with Crippen LogP contribution in [0.25, 0.3) is 16.9 Å². The zero-order valence-corrected chi connectivity index (χ0v) is 10.3. The Kier molecular flexibility index (Phi) is 2.33. The van der Waals surface area contributed by atoms with Gasteiger partial charge in [0.05, 0.1) is 0 Å². The zero-order valence-electron chi connectivity index (χ0n) is 8.71. The lowest BCUT2D eigenvalue weighted by Gasteiger charge is -2.01. The summed E-state index contributed by atoms with van der Waals surface area (Å²) in [6.45, 7) is 0. The van der Waals surface area contributed by atoms with Gasteiger partial charge in [-0.25, -0.2) is 4.98 Å². The lowest BCUT2D eigenvalue weighted by molar-refractivity contribution is 0.479. The van der Waals surface area contributed by atoms with Crippen LogP contribution in [-0.2, 0) is 0 Å². The number of hydrogen-bond donors (Lipinski definition) is 1. The largest absolute Gasteiger partial charge is 0.506 e. The van der Waals surface area contributed by atoms with Crippen molar-refractivity contribution in [3.63, 3.8) is 0 Å². The predicted molar refractivity (Wildman–Crippen MR) is 67.8 cm³/mol. The summed E-state index contributed by atoms with van der Waals surface area (Å²) in [7, 11) is 0. The highest BCUT2D eigenvalue weighted by Crippen LogP contribution is 2.30. The third kappa shape index (κ3) is 1.59. The molecule has 0 aliphatic heterocycles. The fourth-order valence-corrected chi connectivity index (χ4v) is 2.34. The lowest BCUT2D eigenvalue weighted by Crippen LogP contribution is -1.89. The second-order valence-electron chi connectivity index (χ2n) is 3.58. The molecule has 3 aromatic rings. The van der Waals surface area contributed by atoms with E-state index >= 15 is 0 Å². The average molecular weight is 290 g/mol. The zero-order chi connectivity index (χ0) is 11.8. The molecule has 0 aliphatic rings. The van der Waals surface area contributed by atoms with Gasteiger partial charge in [0.15, 0.2) is 0 Å². The Morgan fingerprint density at radius 1 is 1.24 bits per heavy atom. The van der Waals surface area contributed by atoms with E-state index in [2.05, 4.69) is 25.9 Å². The molecule has 3 heterocycles. The molecule has 0 unspecified atom stereocenters. The Bertz CT molecular complexity index is 679. The van der Waals surface area contributed by atoms with E-state index in [1.807, 2.05) is 22.7 Å². The van der Waals surface area contributed by atoms with Crippen molar-refractivity contribution in [2.75, 3.05) is 0 Å². The highest BCUT2D eigenvalue weighted by molar-refractivity contribution is 9.10. The number of nitrogens with zero attached hydrogens (tertiary/aromatic N) is 3. The second kappa shape index (κ2) is 3.85. The molecule has 17 heavy (non-hydrogen) atoms. The number of imidazole rings is 1. The molecule has 84 valence electrons. The molecule has 0 atom stereocenters. The highest BCUT2D eigenvalue weighted by atomic mass is 79.9. The summed E-state index contributed by atoms with van der Waals surface area (Å²) in [6, 6.07) is 7.19. The first-order chi connectivity index (χ1) is 8.27. The Hall–Kier alpha value is -1.88. The molecule has 0 radical (unpaired) electrons. The van der Waals surface area contributed by atoms with Gasteiger partial charge in [-0.3, -0.25) is 9.38 Å². The van der Waals surface area contributed by atoms with Crippen molar-refractivity contribution in [1.82, 2.24) is 14.4 Å². The van der Waals surface area contributed by atoms with Crippen molar-refractivity contribution in [1.29, 1.82) is 0 Å². The Labute approximate surface area is 106 Å². The van der Waals surface area contributed by atoms with Gasteiger partial charge in [-0.2, -0.15) is 0 Å². The van der Waals surface area contributed by atoms with Crippen LogP contribution in [0, 0.1) is 0 Å². The van der Waals surface area contributed by atoms with Gasteiger partial charge in [-0.1, -0.05) is 0 Å². The van der Waals surface area contributed by atoms with E-state index in [4.69, 9.17) is 0 Å². The van der Waals surface area contributed by atoms with E-state index in [-0.39, 0.29) is 5.75 Å². The summed E-state index contributed by atoms with van der Waals surface area (Å²) in [5.74, 6) is 0.942. The fraction of sp³-hybridized carbons (Fsp3) is 0. The van der Waals surface area contributed by atoms with Gasteiger partial charge in [-0.15, -0.1) is 0 Å². The Morgan fingerprint density at radius 2 is 2.12 bits per heavy atom. The van der Waals surface area contributed by atoms with Crippen LogP contribution in [-0.4, -0.2) is 19.5 Å². The summed E-state index contributed by atoms with van der Waals surface area (Å²) >= 11 is 3.35. The monoisotopic (exact) mass is 289 g/mol. The van der Waals surface area contributed by atoms with E-state index in [0.29, 0.717) is 10.1 Å². The number of hydrogen-bond acceptors (Lipinski definition) is 3. The van der Waals surface area contributed by atoms with E-state index in [9.17, 15) is 5.11 Å². The topological polar surface area (TPSA) is 50.4 Å². The maximum absolute atomic E-state index is 9.81. The van der Waals surface area contributed by atoms with Crippen molar-refractivity contribution >= 4 is 21.4 Å². The van der Waals surface area contributed by atoms with E-state index < -0.39 is 0 Å². The number of halogens is 1. The number of pyridine rings is 2. The Balaban J connectivity index is 2.36. The highest BCUT2D eigenvalue weighted by Gasteiger charge is 2.13. The number of rotatable bonds is 1. The van der Waals surface area contributed by atoms with E-state index in [1.165, 1.54) is 0 Å². The SMILES string of the molecule is Oc1cccn2c(-c3cccnc3)nc(Br)c12. The van der Waals surface area contributed by atoms with Gasteiger partial charge in [0.2, 0.25) is 0 Å². The molecule has 5 heteroatoms. The summed E-state index contributed by atoms with van der Waals surface area (Å²) in [5, 5.41) is 9.81. The van der Waals surface area contributed by atoms with Gasteiger partial charge in [0, 0.05) is 24.2 Å². The summed E-state index contributed by atoms with van der Waals surface area (Å²) < 4.78 is 2.45. The minimum Gasteiger partial charge on any atom is -0.506 e. The molecule has 3 rings (SSSR count). The molecule has 0 saturated carbocycles. The molecule has 0 spiro atoms. The molecule has 0 amide bonds. The first-order valence-electron chi connectivity index (χ1n) is 5.03. The molecule has 1 N–H and O–H groups in total. The van der Waals surface area contributed by atoms with Gasteiger partial charge in [0.25, 0.3) is 0 Å². The van der Waals surface area contributed by atoms with Gasteiger partial charge < -0.3 is 5.11 Å². The first-order valence-corrected chi connectivity index (χ1v) is 5.82. The third-order valence-electron chi connectivity index (χ3n) is 2.52.